The molecule has 25 heavy (non-hydrogen) atoms. The molecular formula is C18H25N5O2. The lowest BCUT2D eigenvalue weighted by Gasteiger charge is -2.34. The van der Waals surface area contributed by atoms with Gasteiger partial charge in [0.05, 0.1) is 11.0 Å². The van der Waals surface area contributed by atoms with Gasteiger partial charge in [-0.1, -0.05) is 12.1 Å². The zero-order valence-corrected chi connectivity index (χ0v) is 15.0. The number of benzene rings is 1. The van der Waals surface area contributed by atoms with Crippen molar-refractivity contribution in [3.8, 4) is 0 Å². The van der Waals surface area contributed by atoms with Crippen LogP contribution in [0.5, 0.6) is 0 Å². The van der Waals surface area contributed by atoms with Crippen molar-refractivity contribution in [2.45, 2.75) is 45.3 Å². The highest BCUT2D eigenvalue weighted by Crippen LogP contribution is 2.25. The van der Waals surface area contributed by atoms with Crippen LogP contribution < -0.4 is 16.0 Å². The average Bonchev–Trinajstić information content (AvgIpc) is 2.52. The highest BCUT2D eigenvalue weighted by molar-refractivity contribution is 5.79. The van der Waals surface area contributed by atoms with Crippen molar-refractivity contribution < 1.29 is 9.53 Å². The molecule has 2 aromatic rings. The number of rotatable bonds is 2. The number of aromatic nitrogens is 2. The maximum atomic E-state index is 12.0. The Labute approximate surface area is 147 Å². The molecule has 0 saturated carbocycles. The summed E-state index contributed by atoms with van der Waals surface area (Å²) in [5, 5.41) is 2.94. The number of hydrogen-bond acceptors (Lipinski definition) is 6. The monoisotopic (exact) mass is 343 g/mol. The highest BCUT2D eigenvalue weighted by atomic mass is 16.6. The Morgan fingerprint density at radius 1 is 1.28 bits per heavy atom. The number of anilines is 2. The lowest BCUT2D eigenvalue weighted by molar-refractivity contribution is 0.0500. The SMILES string of the molecule is CC(C)(C)OC(=O)N[C@@H]1CCCN(c2nc3ccccc3nc2N)C1. The molecule has 3 rings (SSSR count). The topological polar surface area (TPSA) is 93.4 Å². The van der Waals surface area contributed by atoms with Crippen LogP contribution in [0, 0.1) is 0 Å². The standard InChI is InChI=1S/C18H25N5O2/c1-18(2,3)25-17(24)20-12-7-6-10-23(11-12)16-15(19)21-13-8-4-5-9-14(13)22-16/h4-5,8-9,12H,6-7,10-11H2,1-3H3,(H2,19,21)(H,20,24)/t12-/m1/s1. The molecule has 1 amide bonds. The number of nitrogens with zero attached hydrogens (tertiary/aromatic N) is 3. The Balaban J connectivity index is 1.73. The number of nitrogens with one attached hydrogen (secondary N) is 1. The largest absolute Gasteiger partial charge is 0.444 e. The van der Waals surface area contributed by atoms with Gasteiger partial charge in [-0.2, -0.15) is 0 Å². The quantitative estimate of drug-likeness (QED) is 0.871. The lowest BCUT2D eigenvalue weighted by Crippen LogP contribution is -2.49. The van der Waals surface area contributed by atoms with E-state index in [1.807, 2.05) is 45.0 Å². The van der Waals surface area contributed by atoms with Gasteiger partial charge in [-0.05, 0) is 45.7 Å². The molecule has 1 fully saturated rings. The molecule has 3 N–H and O–H groups in total. The third-order valence-corrected chi connectivity index (χ3v) is 4.02. The summed E-state index contributed by atoms with van der Waals surface area (Å²) in [6, 6.07) is 7.66. The van der Waals surface area contributed by atoms with Crippen molar-refractivity contribution >= 4 is 28.8 Å². The Bertz CT molecular complexity index is 772. The Hall–Kier alpha value is -2.57. The molecule has 1 aliphatic rings. The second-order valence-electron chi connectivity index (χ2n) is 7.35. The van der Waals surface area contributed by atoms with Gasteiger partial charge < -0.3 is 20.7 Å². The predicted molar refractivity (Wildman–Crippen MR) is 98.6 cm³/mol. The fourth-order valence-electron chi connectivity index (χ4n) is 3.00. The zero-order valence-electron chi connectivity index (χ0n) is 15.0. The molecule has 1 aromatic heterocycles. The first-order valence-corrected chi connectivity index (χ1v) is 8.58. The molecule has 7 heteroatoms. The maximum absolute atomic E-state index is 12.0. The smallest absolute Gasteiger partial charge is 0.407 e. The molecule has 1 aliphatic heterocycles. The number of fused-ring (bicyclic) bond motifs is 1. The molecule has 0 radical (unpaired) electrons. The van der Waals surface area contributed by atoms with E-state index in [0.717, 1.165) is 30.4 Å². The number of carbonyl (C=O) groups is 1. The molecule has 0 unspecified atom stereocenters. The van der Waals surface area contributed by atoms with Crippen molar-refractivity contribution in [3.05, 3.63) is 24.3 Å². The van der Waals surface area contributed by atoms with E-state index in [0.29, 0.717) is 18.2 Å². The summed E-state index contributed by atoms with van der Waals surface area (Å²) >= 11 is 0. The minimum atomic E-state index is -0.507. The number of amides is 1. The van der Waals surface area contributed by atoms with Gasteiger partial charge in [0.15, 0.2) is 11.6 Å². The van der Waals surface area contributed by atoms with Gasteiger partial charge in [0, 0.05) is 19.1 Å². The van der Waals surface area contributed by atoms with Gasteiger partial charge in [-0.25, -0.2) is 14.8 Å². The van der Waals surface area contributed by atoms with Gasteiger partial charge >= 0.3 is 6.09 Å². The van der Waals surface area contributed by atoms with Crippen LogP contribution in [0.25, 0.3) is 11.0 Å². The van der Waals surface area contributed by atoms with Crippen molar-refractivity contribution in [2.24, 2.45) is 0 Å². The first-order valence-electron chi connectivity index (χ1n) is 8.58. The summed E-state index contributed by atoms with van der Waals surface area (Å²) in [6.45, 7) is 7.03. The first-order chi connectivity index (χ1) is 11.8. The summed E-state index contributed by atoms with van der Waals surface area (Å²) in [7, 11) is 0. The summed E-state index contributed by atoms with van der Waals surface area (Å²) in [6.07, 6.45) is 1.45. The van der Waals surface area contributed by atoms with Gasteiger partial charge in [-0.3, -0.25) is 0 Å². The second kappa shape index (κ2) is 6.74. The van der Waals surface area contributed by atoms with E-state index in [-0.39, 0.29) is 6.04 Å². The number of alkyl carbamates (subject to hydrolysis) is 1. The second-order valence-corrected chi connectivity index (χ2v) is 7.35. The third-order valence-electron chi connectivity index (χ3n) is 4.02. The highest BCUT2D eigenvalue weighted by Gasteiger charge is 2.26. The Kier molecular flexibility index (Phi) is 4.65. The van der Waals surface area contributed by atoms with Gasteiger partial charge in [-0.15, -0.1) is 0 Å². The number of ether oxygens (including phenoxy) is 1. The van der Waals surface area contributed by atoms with Gasteiger partial charge in [0.25, 0.3) is 0 Å². The van der Waals surface area contributed by atoms with Gasteiger partial charge in [0.1, 0.15) is 5.60 Å². The summed E-state index contributed by atoms with van der Waals surface area (Å²) in [4.78, 5) is 23.2. The van der Waals surface area contributed by atoms with E-state index >= 15 is 0 Å². The number of nitrogen functional groups attached to an aromatic ring is 1. The van der Waals surface area contributed by atoms with Crippen LogP contribution in [-0.2, 0) is 4.74 Å². The van der Waals surface area contributed by atoms with E-state index in [4.69, 9.17) is 10.5 Å². The van der Waals surface area contributed by atoms with E-state index in [9.17, 15) is 4.79 Å². The van der Waals surface area contributed by atoms with E-state index in [1.54, 1.807) is 0 Å². The number of para-hydroxylation sites is 2. The molecule has 1 atom stereocenters. The molecule has 2 heterocycles. The number of hydrogen-bond donors (Lipinski definition) is 2. The van der Waals surface area contributed by atoms with Crippen LogP contribution in [0.3, 0.4) is 0 Å². The minimum Gasteiger partial charge on any atom is -0.444 e. The van der Waals surface area contributed by atoms with E-state index < -0.39 is 11.7 Å². The molecule has 0 aliphatic carbocycles. The third kappa shape index (κ3) is 4.29. The predicted octanol–water partition coefficient (Wildman–Crippen LogP) is 2.71. The summed E-state index contributed by atoms with van der Waals surface area (Å²) in [5.74, 6) is 1.09. The van der Waals surface area contributed by atoms with Crippen molar-refractivity contribution in [3.63, 3.8) is 0 Å². The number of carbonyl (C=O) groups excluding carboxylic acids is 1. The molecule has 0 spiro atoms. The fourth-order valence-corrected chi connectivity index (χ4v) is 3.00. The molecule has 1 saturated heterocycles. The van der Waals surface area contributed by atoms with Crippen LogP contribution in [0.1, 0.15) is 33.6 Å². The van der Waals surface area contributed by atoms with E-state index in [2.05, 4.69) is 20.2 Å². The summed E-state index contributed by atoms with van der Waals surface area (Å²) < 4.78 is 5.34. The van der Waals surface area contributed by atoms with Crippen molar-refractivity contribution in [2.75, 3.05) is 23.7 Å². The molecular weight excluding hydrogens is 318 g/mol. The Morgan fingerprint density at radius 2 is 1.96 bits per heavy atom. The average molecular weight is 343 g/mol. The zero-order chi connectivity index (χ0) is 18.0. The molecule has 0 bridgehead atoms. The number of piperidine rings is 1. The lowest BCUT2D eigenvalue weighted by atomic mass is 10.1. The maximum Gasteiger partial charge on any atom is 0.407 e. The molecule has 1 aromatic carbocycles. The number of nitrogens with two attached hydrogens (primary N) is 1. The van der Waals surface area contributed by atoms with Gasteiger partial charge in [0.2, 0.25) is 0 Å². The van der Waals surface area contributed by atoms with Crippen LogP contribution >= 0.6 is 0 Å². The van der Waals surface area contributed by atoms with Crippen molar-refractivity contribution in [1.82, 2.24) is 15.3 Å². The van der Waals surface area contributed by atoms with Crippen LogP contribution in [0.4, 0.5) is 16.4 Å². The minimum absolute atomic E-state index is 0.00345. The van der Waals surface area contributed by atoms with Crippen LogP contribution in [0.15, 0.2) is 24.3 Å². The Morgan fingerprint density at radius 3 is 2.64 bits per heavy atom. The molecule has 7 nitrogen and oxygen atoms in total. The van der Waals surface area contributed by atoms with Crippen LogP contribution in [0.2, 0.25) is 0 Å². The van der Waals surface area contributed by atoms with E-state index in [1.165, 1.54) is 0 Å². The van der Waals surface area contributed by atoms with Crippen LogP contribution in [-0.4, -0.2) is 40.8 Å². The molecule has 134 valence electrons. The fraction of sp³-hybridized carbons (Fsp3) is 0.500. The summed E-state index contributed by atoms with van der Waals surface area (Å²) in [5.41, 5.74) is 7.21. The van der Waals surface area contributed by atoms with Crippen molar-refractivity contribution in [1.29, 1.82) is 0 Å². The normalized spacial score (nSPS) is 18.2. The first kappa shape index (κ1) is 17.3.